The molecular formula is C53H42BN3. The molecular weight excluding hydrogens is 689 g/mol. The van der Waals surface area contributed by atoms with E-state index in [0.29, 0.717) is 11.8 Å². The van der Waals surface area contributed by atoms with Crippen LogP contribution in [0.15, 0.2) is 152 Å². The van der Waals surface area contributed by atoms with E-state index >= 15 is 0 Å². The van der Waals surface area contributed by atoms with Gasteiger partial charge in [0.2, 0.25) is 0 Å². The number of rotatable bonds is 2. The Kier molecular flexibility index (Phi) is 5.95. The quantitative estimate of drug-likeness (QED) is 0.164. The molecule has 4 saturated carbocycles. The van der Waals surface area contributed by atoms with Gasteiger partial charge in [-0.3, -0.25) is 0 Å². The summed E-state index contributed by atoms with van der Waals surface area (Å²) in [7, 11) is 0. The van der Waals surface area contributed by atoms with Crippen LogP contribution in [-0.4, -0.2) is 11.3 Å². The third kappa shape index (κ3) is 3.76. The van der Waals surface area contributed by atoms with E-state index in [1.165, 1.54) is 116 Å². The minimum absolute atomic E-state index is 0.0659. The van der Waals surface area contributed by atoms with Gasteiger partial charge >= 0.3 is 0 Å². The van der Waals surface area contributed by atoms with E-state index in [-0.39, 0.29) is 12.1 Å². The maximum atomic E-state index is 2.71. The fourth-order valence-electron chi connectivity index (χ4n) is 13.9. The van der Waals surface area contributed by atoms with Crippen molar-refractivity contribution in [1.29, 1.82) is 0 Å². The highest BCUT2D eigenvalue weighted by Crippen LogP contribution is 2.69. The molecule has 1 spiro atoms. The first kappa shape index (κ1) is 31.1. The van der Waals surface area contributed by atoms with Gasteiger partial charge in [-0.1, -0.05) is 97.1 Å². The predicted molar refractivity (Wildman–Crippen MR) is 237 cm³/mol. The van der Waals surface area contributed by atoms with Crippen molar-refractivity contribution in [2.24, 2.45) is 23.7 Å². The largest absolute Gasteiger partial charge is 0.311 e. The van der Waals surface area contributed by atoms with Gasteiger partial charge < -0.3 is 14.4 Å². The van der Waals surface area contributed by atoms with Crippen LogP contribution in [0.1, 0.15) is 48.8 Å². The molecule has 15 rings (SSSR count). The first-order valence-corrected chi connectivity index (χ1v) is 21.3. The van der Waals surface area contributed by atoms with Gasteiger partial charge in [-0.25, -0.2) is 0 Å². The summed E-state index contributed by atoms with van der Waals surface area (Å²) < 4.78 is 2.50. The Balaban J connectivity index is 1.09. The first-order valence-electron chi connectivity index (χ1n) is 21.3. The highest BCUT2D eigenvalue weighted by molar-refractivity contribution is 7.00. The molecule has 7 aromatic carbocycles. The van der Waals surface area contributed by atoms with Gasteiger partial charge in [-0.15, -0.1) is 0 Å². The smallest absolute Gasteiger partial charge is 0.252 e. The molecule has 0 radical (unpaired) electrons. The molecule has 3 aliphatic heterocycles. The summed E-state index contributed by atoms with van der Waals surface area (Å²) in [5.41, 5.74) is 20.5. The molecule has 272 valence electrons. The van der Waals surface area contributed by atoms with E-state index in [1.807, 2.05) is 0 Å². The Labute approximate surface area is 334 Å². The van der Waals surface area contributed by atoms with Gasteiger partial charge in [0.05, 0.1) is 16.7 Å². The van der Waals surface area contributed by atoms with Crippen LogP contribution < -0.4 is 26.2 Å². The molecule has 0 N–H and O–H groups in total. The fraction of sp³-hybridized carbons (Fsp3) is 0.208. The van der Waals surface area contributed by atoms with Crippen LogP contribution in [0.25, 0.3) is 27.5 Å². The Morgan fingerprint density at radius 1 is 0.491 bits per heavy atom. The van der Waals surface area contributed by atoms with Gasteiger partial charge in [0.1, 0.15) is 0 Å². The van der Waals surface area contributed by atoms with E-state index in [0.717, 1.165) is 11.8 Å². The van der Waals surface area contributed by atoms with Crippen molar-refractivity contribution in [3.63, 3.8) is 0 Å². The number of anilines is 6. The van der Waals surface area contributed by atoms with Crippen LogP contribution >= 0.6 is 0 Å². The van der Waals surface area contributed by atoms with E-state index in [1.54, 1.807) is 11.1 Å². The summed E-state index contributed by atoms with van der Waals surface area (Å²) >= 11 is 0. The van der Waals surface area contributed by atoms with Crippen molar-refractivity contribution in [2.45, 2.75) is 44.4 Å². The second kappa shape index (κ2) is 10.9. The zero-order valence-electron chi connectivity index (χ0n) is 32.2. The Hall–Kier alpha value is -6.00. The zero-order valence-corrected chi connectivity index (χ0v) is 32.2. The van der Waals surface area contributed by atoms with Crippen LogP contribution in [0.5, 0.6) is 0 Å². The second-order valence-corrected chi connectivity index (χ2v) is 18.1. The van der Waals surface area contributed by atoms with Crippen molar-refractivity contribution >= 4 is 79.0 Å². The number of benzene rings is 7. The summed E-state index contributed by atoms with van der Waals surface area (Å²) in [4.78, 5) is 5.28. The minimum Gasteiger partial charge on any atom is -0.311 e. The molecule has 57 heavy (non-hydrogen) atoms. The molecule has 0 amide bonds. The Morgan fingerprint density at radius 2 is 1.09 bits per heavy atom. The molecule has 1 aromatic heterocycles. The van der Waals surface area contributed by atoms with Crippen molar-refractivity contribution < 1.29 is 0 Å². The topological polar surface area (TPSA) is 11.4 Å². The van der Waals surface area contributed by atoms with Gasteiger partial charge in [-0.05, 0) is 150 Å². The number of hydrogen-bond donors (Lipinski definition) is 0. The maximum Gasteiger partial charge on any atom is 0.252 e. The maximum absolute atomic E-state index is 2.71. The number of nitrogens with zero attached hydrogens (tertiary/aromatic N) is 3. The van der Waals surface area contributed by atoms with Crippen molar-refractivity contribution in [2.75, 3.05) is 9.80 Å². The van der Waals surface area contributed by atoms with Crippen LogP contribution in [-0.2, 0) is 5.41 Å². The van der Waals surface area contributed by atoms with Crippen molar-refractivity contribution in [3.8, 4) is 5.69 Å². The molecule has 4 aliphatic carbocycles. The standard InChI is InChI=1S/C53H42BN3/c1-32-12-2-6-18-44(32)56-48-25-24-37(55-45-19-7-3-13-38(45)39-14-4-8-20-46(39)55)31-43(48)54-42-17-10-16-41-52(42)57(50-23-11-22-49(56)51(50)54)47-21-9-5-15-40(47)53(41)35-27-33-26-34(29-35)30-36(53)28-33/h2-25,31,33-36H,26-30H2,1H3. The molecule has 4 fully saturated rings. The van der Waals surface area contributed by atoms with Crippen molar-refractivity contribution in [1.82, 2.24) is 4.57 Å². The molecule has 8 aromatic rings. The lowest BCUT2D eigenvalue weighted by molar-refractivity contribution is -0.0419. The number of aromatic nitrogens is 1. The average Bonchev–Trinajstić information content (AvgIpc) is 3.58. The van der Waals surface area contributed by atoms with Crippen LogP contribution in [0.4, 0.5) is 34.1 Å². The van der Waals surface area contributed by atoms with Gasteiger partial charge in [0, 0.05) is 50.3 Å². The number of fused-ring (bicyclic) bond motifs is 9. The molecule has 0 saturated heterocycles. The van der Waals surface area contributed by atoms with Crippen LogP contribution in [0.2, 0.25) is 0 Å². The highest BCUT2D eigenvalue weighted by atomic mass is 15.2. The number of hydrogen-bond acceptors (Lipinski definition) is 2. The zero-order chi connectivity index (χ0) is 37.1. The lowest BCUT2D eigenvalue weighted by atomic mass is 9.32. The van der Waals surface area contributed by atoms with Crippen LogP contribution in [0.3, 0.4) is 0 Å². The number of para-hydroxylation sites is 5. The molecule has 4 heterocycles. The summed E-state index contributed by atoms with van der Waals surface area (Å²) in [5, 5.41) is 2.59. The monoisotopic (exact) mass is 731 g/mol. The molecule has 3 nitrogen and oxygen atoms in total. The predicted octanol–water partition coefficient (Wildman–Crippen LogP) is 11.2. The van der Waals surface area contributed by atoms with Gasteiger partial charge in [0.15, 0.2) is 0 Å². The molecule has 7 aliphatic rings. The average molecular weight is 732 g/mol. The molecule has 0 atom stereocenters. The second-order valence-electron chi connectivity index (χ2n) is 18.1. The summed E-state index contributed by atoms with van der Waals surface area (Å²) in [6.45, 7) is 2.35. The van der Waals surface area contributed by atoms with E-state index in [9.17, 15) is 0 Å². The Morgan fingerprint density at radius 3 is 1.82 bits per heavy atom. The first-order chi connectivity index (χ1) is 28.2. The van der Waals surface area contributed by atoms with Crippen LogP contribution in [0, 0.1) is 30.6 Å². The fourth-order valence-corrected chi connectivity index (χ4v) is 13.9. The van der Waals surface area contributed by atoms with E-state index in [4.69, 9.17) is 0 Å². The molecule has 4 bridgehead atoms. The van der Waals surface area contributed by atoms with Gasteiger partial charge in [0.25, 0.3) is 6.71 Å². The lowest BCUT2D eigenvalue weighted by Gasteiger charge is -2.64. The summed E-state index contributed by atoms with van der Waals surface area (Å²) in [6, 6.07) is 58.3. The third-order valence-electron chi connectivity index (χ3n) is 15.7. The lowest BCUT2D eigenvalue weighted by Crippen LogP contribution is -2.64. The SMILES string of the molecule is Cc1ccccc1N1c2ccc(-n3c4ccccc4c4ccccc43)cc2B2c3cccc4c3N(c3ccccc3C43C4CC5CC(C4)CC3C5)c3cccc1c32. The highest BCUT2D eigenvalue weighted by Gasteiger charge is 2.62. The van der Waals surface area contributed by atoms with Gasteiger partial charge in [-0.2, -0.15) is 0 Å². The van der Waals surface area contributed by atoms with Crippen molar-refractivity contribution in [3.05, 3.63) is 168 Å². The normalized spacial score (nSPS) is 24.2. The number of aryl methyl sites for hydroxylation is 1. The molecule has 4 heteroatoms. The third-order valence-corrected chi connectivity index (χ3v) is 15.7. The Bertz CT molecular complexity index is 2960. The minimum atomic E-state index is 0.0659. The van der Waals surface area contributed by atoms with E-state index < -0.39 is 0 Å². The summed E-state index contributed by atoms with van der Waals surface area (Å²) in [5.74, 6) is 3.22. The summed E-state index contributed by atoms with van der Waals surface area (Å²) in [6.07, 6.45) is 6.98. The molecule has 0 unspecified atom stereocenters. The van der Waals surface area contributed by atoms with E-state index in [2.05, 4.69) is 173 Å².